The third-order valence-corrected chi connectivity index (χ3v) is 4.72. The van der Waals surface area contributed by atoms with Gasteiger partial charge in [0.05, 0.1) is 0 Å². The first-order valence-electron chi connectivity index (χ1n) is 8.10. The van der Waals surface area contributed by atoms with E-state index >= 15 is 0 Å². The summed E-state index contributed by atoms with van der Waals surface area (Å²) in [4.78, 5) is 25.8. The molecule has 24 heavy (non-hydrogen) atoms. The third kappa shape index (κ3) is 4.19. The van der Waals surface area contributed by atoms with Gasteiger partial charge in [-0.15, -0.1) is 12.4 Å². The predicted molar refractivity (Wildman–Crippen MR) is 93.0 cm³/mol. The highest BCUT2D eigenvalue weighted by Crippen LogP contribution is 2.29. The number of ether oxygens (including phenoxy) is 1. The molecule has 0 bridgehead atoms. The van der Waals surface area contributed by atoms with Crippen LogP contribution in [0.3, 0.4) is 0 Å². The van der Waals surface area contributed by atoms with Crippen molar-refractivity contribution in [3.63, 3.8) is 0 Å². The smallest absolute Gasteiger partial charge is 0.323 e. The van der Waals surface area contributed by atoms with Gasteiger partial charge in [-0.1, -0.05) is 30.3 Å². The molecule has 1 aromatic carbocycles. The van der Waals surface area contributed by atoms with Crippen LogP contribution in [0.4, 0.5) is 4.79 Å². The molecule has 3 unspecified atom stereocenters. The number of carbonyl (C=O) groups excluding carboxylic acids is 2. The molecule has 6 nitrogen and oxygen atoms in total. The maximum atomic E-state index is 12.3. The van der Waals surface area contributed by atoms with Gasteiger partial charge in [-0.25, -0.2) is 4.79 Å². The molecule has 3 atom stereocenters. The van der Waals surface area contributed by atoms with E-state index in [4.69, 9.17) is 4.74 Å². The van der Waals surface area contributed by atoms with Crippen LogP contribution >= 0.6 is 12.4 Å². The minimum atomic E-state index is -0.265. The number of hydrogen-bond donors (Lipinski definition) is 2. The fourth-order valence-electron chi connectivity index (χ4n) is 3.44. The number of benzene rings is 1. The van der Waals surface area contributed by atoms with Crippen molar-refractivity contribution in [1.82, 2.24) is 15.5 Å². The predicted octanol–water partition coefficient (Wildman–Crippen LogP) is 1.54. The van der Waals surface area contributed by atoms with Gasteiger partial charge >= 0.3 is 12.0 Å². The molecule has 0 spiro atoms. The molecule has 0 aromatic heterocycles. The Labute approximate surface area is 148 Å². The second kappa shape index (κ2) is 8.35. The van der Waals surface area contributed by atoms with Crippen LogP contribution in [0.5, 0.6) is 0 Å². The number of nitrogens with zero attached hydrogens (tertiary/aromatic N) is 1. The minimum absolute atomic E-state index is 0. The first-order valence-corrected chi connectivity index (χ1v) is 8.10. The van der Waals surface area contributed by atoms with E-state index in [9.17, 15) is 9.59 Å². The van der Waals surface area contributed by atoms with Gasteiger partial charge in [0, 0.05) is 26.2 Å². The van der Waals surface area contributed by atoms with E-state index in [-0.39, 0.29) is 36.5 Å². The largest absolute Gasteiger partial charge is 0.460 e. The number of amides is 2. The van der Waals surface area contributed by atoms with Crippen molar-refractivity contribution >= 4 is 24.4 Å². The molecule has 2 aliphatic heterocycles. The molecule has 1 aromatic rings. The van der Waals surface area contributed by atoms with E-state index in [1.165, 1.54) is 0 Å². The van der Waals surface area contributed by atoms with Gasteiger partial charge in [0.15, 0.2) is 0 Å². The standard InChI is InChI=1S/C17H23N3O3.ClH/c1-18-17(22)20-8-7-13-9-14(19-15(13)10-20)16(21)23-11-12-5-3-2-4-6-12;/h2-6,13-15,19H,7-11H2,1H3,(H,18,22);1H. The lowest BCUT2D eigenvalue weighted by Gasteiger charge is -2.34. The summed E-state index contributed by atoms with van der Waals surface area (Å²) in [5.41, 5.74) is 0.988. The lowest BCUT2D eigenvalue weighted by molar-refractivity contribution is -0.147. The zero-order valence-corrected chi connectivity index (χ0v) is 14.6. The van der Waals surface area contributed by atoms with Gasteiger partial charge in [-0.2, -0.15) is 0 Å². The van der Waals surface area contributed by atoms with Crippen molar-refractivity contribution in [2.45, 2.75) is 31.5 Å². The number of carbonyl (C=O) groups is 2. The molecular formula is C17H24ClN3O3. The van der Waals surface area contributed by atoms with Crippen molar-refractivity contribution in [3.8, 4) is 0 Å². The normalized spacial score (nSPS) is 25.4. The summed E-state index contributed by atoms with van der Waals surface area (Å²) in [7, 11) is 1.64. The van der Waals surface area contributed by atoms with Crippen molar-refractivity contribution in [2.75, 3.05) is 20.1 Å². The van der Waals surface area contributed by atoms with Crippen LogP contribution in [-0.2, 0) is 16.1 Å². The fraction of sp³-hybridized carbons (Fsp3) is 0.529. The molecule has 132 valence electrons. The Kier molecular flexibility index (Phi) is 6.45. The van der Waals surface area contributed by atoms with Crippen LogP contribution in [0.15, 0.2) is 30.3 Å². The molecule has 2 amide bonds. The Hall–Kier alpha value is -1.79. The van der Waals surface area contributed by atoms with E-state index in [1.807, 2.05) is 30.3 Å². The minimum Gasteiger partial charge on any atom is -0.460 e. The molecule has 2 heterocycles. The second-order valence-electron chi connectivity index (χ2n) is 6.20. The summed E-state index contributed by atoms with van der Waals surface area (Å²) in [5.74, 6) is 0.236. The van der Waals surface area contributed by atoms with Gasteiger partial charge in [0.1, 0.15) is 12.6 Å². The van der Waals surface area contributed by atoms with Gasteiger partial charge in [0.2, 0.25) is 0 Å². The monoisotopic (exact) mass is 353 g/mol. The number of halogens is 1. The lowest BCUT2D eigenvalue weighted by atomic mass is 9.91. The second-order valence-corrected chi connectivity index (χ2v) is 6.20. The quantitative estimate of drug-likeness (QED) is 0.809. The van der Waals surface area contributed by atoms with Gasteiger partial charge in [-0.05, 0) is 24.3 Å². The Morgan fingerprint density at radius 1 is 1.33 bits per heavy atom. The van der Waals surface area contributed by atoms with E-state index in [1.54, 1.807) is 11.9 Å². The Morgan fingerprint density at radius 2 is 2.08 bits per heavy atom. The highest BCUT2D eigenvalue weighted by atomic mass is 35.5. The van der Waals surface area contributed by atoms with Crippen molar-refractivity contribution < 1.29 is 14.3 Å². The van der Waals surface area contributed by atoms with Crippen LogP contribution in [0.25, 0.3) is 0 Å². The molecule has 2 saturated heterocycles. The highest BCUT2D eigenvalue weighted by molar-refractivity contribution is 5.85. The molecule has 0 radical (unpaired) electrons. The van der Waals surface area contributed by atoms with Crippen LogP contribution in [0.2, 0.25) is 0 Å². The molecule has 7 heteroatoms. The summed E-state index contributed by atoms with van der Waals surface area (Å²) < 4.78 is 5.42. The number of hydrogen-bond acceptors (Lipinski definition) is 4. The Balaban J connectivity index is 0.00000208. The van der Waals surface area contributed by atoms with E-state index in [0.29, 0.717) is 19.1 Å². The van der Waals surface area contributed by atoms with Crippen LogP contribution < -0.4 is 10.6 Å². The highest BCUT2D eigenvalue weighted by Gasteiger charge is 2.41. The average molecular weight is 354 g/mol. The SMILES string of the molecule is CNC(=O)N1CCC2CC(C(=O)OCc3ccccc3)NC2C1.Cl. The van der Waals surface area contributed by atoms with E-state index in [0.717, 1.165) is 24.9 Å². The Morgan fingerprint density at radius 3 is 2.79 bits per heavy atom. The van der Waals surface area contributed by atoms with Crippen LogP contribution in [0, 0.1) is 5.92 Å². The van der Waals surface area contributed by atoms with Crippen molar-refractivity contribution in [3.05, 3.63) is 35.9 Å². The number of likely N-dealkylation sites (tertiary alicyclic amines) is 1. The number of urea groups is 1. The summed E-state index contributed by atoms with van der Waals surface area (Å²) in [6.07, 6.45) is 1.72. The lowest BCUT2D eigenvalue weighted by Crippen LogP contribution is -2.52. The molecule has 2 N–H and O–H groups in total. The zero-order chi connectivity index (χ0) is 16.2. The third-order valence-electron chi connectivity index (χ3n) is 4.72. The molecule has 3 rings (SSSR count). The maximum Gasteiger partial charge on any atom is 0.323 e. The van der Waals surface area contributed by atoms with Gasteiger partial charge in [0.25, 0.3) is 0 Å². The van der Waals surface area contributed by atoms with Gasteiger partial charge < -0.3 is 15.0 Å². The molecule has 2 fully saturated rings. The molecular weight excluding hydrogens is 330 g/mol. The first-order chi connectivity index (χ1) is 11.2. The number of esters is 1. The van der Waals surface area contributed by atoms with Crippen LogP contribution in [0.1, 0.15) is 18.4 Å². The van der Waals surface area contributed by atoms with E-state index < -0.39 is 0 Å². The summed E-state index contributed by atoms with van der Waals surface area (Å²) in [5, 5.41) is 6.00. The average Bonchev–Trinajstić information content (AvgIpc) is 3.03. The summed E-state index contributed by atoms with van der Waals surface area (Å²) >= 11 is 0. The summed E-state index contributed by atoms with van der Waals surface area (Å²) in [6.45, 7) is 1.69. The maximum absolute atomic E-state index is 12.3. The van der Waals surface area contributed by atoms with E-state index in [2.05, 4.69) is 10.6 Å². The van der Waals surface area contributed by atoms with Crippen molar-refractivity contribution in [2.24, 2.45) is 5.92 Å². The molecule has 0 aliphatic carbocycles. The van der Waals surface area contributed by atoms with Crippen molar-refractivity contribution in [1.29, 1.82) is 0 Å². The Bertz CT molecular complexity index is 569. The first kappa shape index (κ1) is 18.5. The topological polar surface area (TPSA) is 70.7 Å². The van der Waals surface area contributed by atoms with Crippen LogP contribution in [-0.4, -0.2) is 49.1 Å². The number of piperidine rings is 1. The number of fused-ring (bicyclic) bond motifs is 1. The number of nitrogens with one attached hydrogen (secondary N) is 2. The summed E-state index contributed by atoms with van der Waals surface area (Å²) in [6, 6.07) is 9.53. The number of rotatable bonds is 3. The van der Waals surface area contributed by atoms with Gasteiger partial charge in [-0.3, -0.25) is 10.1 Å². The molecule has 2 aliphatic rings. The molecule has 0 saturated carbocycles. The zero-order valence-electron chi connectivity index (χ0n) is 13.7. The fourth-order valence-corrected chi connectivity index (χ4v) is 3.44.